The van der Waals surface area contributed by atoms with Gasteiger partial charge in [-0.05, 0) is 35.9 Å². The van der Waals surface area contributed by atoms with Crippen molar-refractivity contribution in [1.82, 2.24) is 5.06 Å². The van der Waals surface area contributed by atoms with Crippen molar-refractivity contribution in [3.8, 4) is 5.75 Å². The average molecular weight is 344 g/mol. The molecule has 1 unspecified atom stereocenters. The van der Waals surface area contributed by atoms with E-state index in [1.165, 1.54) is 12.1 Å². The van der Waals surface area contributed by atoms with Crippen molar-refractivity contribution in [1.29, 1.82) is 0 Å². The molecule has 0 aromatic heterocycles. The maximum Gasteiger partial charge on any atom is 0.373 e. The molecule has 0 aliphatic carbocycles. The number of fused-ring (bicyclic) bond motifs is 2. The third-order valence-corrected chi connectivity index (χ3v) is 4.13. The number of hydrogen-bond acceptors (Lipinski definition) is 5. The maximum absolute atomic E-state index is 12.3. The first-order valence-electron chi connectivity index (χ1n) is 7.19. The summed E-state index contributed by atoms with van der Waals surface area (Å²) >= 11 is 5.91. The molecule has 0 spiro atoms. The monoisotopic (exact) mass is 343 g/mol. The molecule has 2 aliphatic heterocycles. The van der Waals surface area contributed by atoms with E-state index < -0.39 is 23.9 Å². The molecular weight excluding hydrogens is 334 g/mol. The normalized spacial score (nSPS) is 18.2. The van der Waals surface area contributed by atoms with Crippen LogP contribution in [0.15, 0.2) is 42.5 Å². The Hall–Kier alpha value is -2.86. The third-order valence-electron chi connectivity index (χ3n) is 3.90. The molecule has 24 heavy (non-hydrogen) atoms. The van der Waals surface area contributed by atoms with Crippen molar-refractivity contribution >= 4 is 29.4 Å². The number of benzene rings is 2. The van der Waals surface area contributed by atoms with Gasteiger partial charge in [0, 0.05) is 11.4 Å². The molecule has 1 atom stereocenters. The van der Waals surface area contributed by atoms with Crippen LogP contribution in [0.5, 0.6) is 5.75 Å². The van der Waals surface area contributed by atoms with Crippen molar-refractivity contribution < 1.29 is 24.0 Å². The minimum atomic E-state index is -0.928. The van der Waals surface area contributed by atoms with Gasteiger partial charge in [0.15, 0.2) is 0 Å². The summed E-state index contributed by atoms with van der Waals surface area (Å²) in [5.74, 6) is -1.61. The van der Waals surface area contributed by atoms with Crippen LogP contribution in [0.25, 0.3) is 0 Å². The molecule has 2 aromatic rings. The lowest BCUT2D eigenvalue weighted by atomic mass is 10.1. The molecule has 0 saturated heterocycles. The molecule has 0 fully saturated rings. The van der Waals surface area contributed by atoms with Gasteiger partial charge in [-0.3, -0.25) is 9.59 Å². The van der Waals surface area contributed by atoms with Gasteiger partial charge in [-0.15, -0.1) is 0 Å². The Bertz CT molecular complexity index is 859. The van der Waals surface area contributed by atoms with Gasteiger partial charge in [0.05, 0.1) is 11.1 Å². The number of imide groups is 1. The summed E-state index contributed by atoms with van der Waals surface area (Å²) in [6.45, 7) is 0. The van der Waals surface area contributed by atoms with Crippen molar-refractivity contribution in [2.75, 3.05) is 0 Å². The highest BCUT2D eigenvalue weighted by molar-refractivity contribution is 6.30. The molecule has 2 aromatic carbocycles. The lowest BCUT2D eigenvalue weighted by Crippen LogP contribution is -2.38. The largest absolute Gasteiger partial charge is 0.478 e. The summed E-state index contributed by atoms with van der Waals surface area (Å²) in [6.07, 6.45) is -0.666. The van der Waals surface area contributed by atoms with E-state index in [1.807, 2.05) is 0 Å². The van der Waals surface area contributed by atoms with Crippen molar-refractivity contribution in [2.45, 2.75) is 12.5 Å². The van der Waals surface area contributed by atoms with E-state index in [9.17, 15) is 14.4 Å². The molecule has 0 bridgehead atoms. The number of halogens is 1. The molecule has 0 saturated carbocycles. The summed E-state index contributed by atoms with van der Waals surface area (Å²) < 4.78 is 5.50. The number of hydroxylamine groups is 2. The summed E-state index contributed by atoms with van der Waals surface area (Å²) in [5, 5.41) is 1.01. The van der Waals surface area contributed by atoms with E-state index in [1.54, 1.807) is 30.3 Å². The van der Waals surface area contributed by atoms with E-state index >= 15 is 0 Å². The van der Waals surface area contributed by atoms with Gasteiger partial charge < -0.3 is 9.57 Å². The average Bonchev–Trinajstić information content (AvgIpc) is 3.10. The fraction of sp³-hybridized carbons (Fsp3) is 0.118. The standard InChI is InChI=1S/C17H10ClNO5/c18-10-5-6-13-9(7-10)8-14(23-13)17(22)24-19-15(20)11-3-1-2-4-12(11)16(19)21/h1-7,14H,8H2. The number of hydrogen-bond donors (Lipinski definition) is 0. The van der Waals surface area contributed by atoms with E-state index in [4.69, 9.17) is 21.2 Å². The molecule has 0 radical (unpaired) electrons. The molecule has 2 aliphatic rings. The van der Waals surface area contributed by atoms with Gasteiger partial charge in [-0.2, -0.15) is 0 Å². The highest BCUT2D eigenvalue weighted by Gasteiger charge is 2.41. The van der Waals surface area contributed by atoms with Crippen LogP contribution in [0, 0.1) is 0 Å². The van der Waals surface area contributed by atoms with Crippen LogP contribution in [-0.4, -0.2) is 29.0 Å². The van der Waals surface area contributed by atoms with E-state index in [-0.39, 0.29) is 17.5 Å². The van der Waals surface area contributed by atoms with Crippen LogP contribution in [0.2, 0.25) is 5.02 Å². The fourth-order valence-corrected chi connectivity index (χ4v) is 2.94. The second kappa shape index (κ2) is 5.35. The molecular formula is C17H10ClNO5. The van der Waals surface area contributed by atoms with Gasteiger partial charge in [0.25, 0.3) is 11.8 Å². The minimum absolute atomic E-state index is 0.206. The predicted octanol–water partition coefficient (Wildman–Crippen LogP) is 2.40. The van der Waals surface area contributed by atoms with Gasteiger partial charge in [-0.25, -0.2) is 4.79 Å². The van der Waals surface area contributed by atoms with Crippen molar-refractivity contribution in [3.63, 3.8) is 0 Å². The van der Waals surface area contributed by atoms with E-state index in [0.717, 1.165) is 5.56 Å². The molecule has 0 N–H and O–H groups in total. The molecule has 2 amide bonds. The number of ether oxygens (including phenoxy) is 1. The Kier molecular flexibility index (Phi) is 3.28. The molecule has 2 heterocycles. The zero-order chi connectivity index (χ0) is 16.8. The summed E-state index contributed by atoms with van der Waals surface area (Å²) in [6, 6.07) is 11.3. The fourth-order valence-electron chi connectivity index (χ4n) is 2.75. The summed E-state index contributed by atoms with van der Waals surface area (Å²) in [7, 11) is 0. The molecule has 6 nitrogen and oxygen atoms in total. The number of amides is 2. The first-order valence-corrected chi connectivity index (χ1v) is 7.57. The zero-order valence-corrected chi connectivity index (χ0v) is 12.9. The second-order valence-corrected chi connectivity index (χ2v) is 5.86. The lowest BCUT2D eigenvalue weighted by molar-refractivity contribution is -0.176. The predicted molar refractivity (Wildman–Crippen MR) is 82.6 cm³/mol. The van der Waals surface area contributed by atoms with Crippen LogP contribution < -0.4 is 4.74 Å². The minimum Gasteiger partial charge on any atom is -0.478 e. The Labute approximate surface area is 141 Å². The summed E-state index contributed by atoms with van der Waals surface area (Å²) in [4.78, 5) is 41.7. The highest BCUT2D eigenvalue weighted by atomic mass is 35.5. The van der Waals surface area contributed by atoms with Crippen molar-refractivity contribution in [3.05, 3.63) is 64.2 Å². The Morgan fingerprint density at radius 1 is 1.12 bits per heavy atom. The first-order chi connectivity index (χ1) is 11.5. The molecule has 4 rings (SSSR count). The smallest absolute Gasteiger partial charge is 0.373 e. The maximum atomic E-state index is 12.3. The Morgan fingerprint density at radius 2 is 1.79 bits per heavy atom. The Morgan fingerprint density at radius 3 is 2.46 bits per heavy atom. The first kappa shape index (κ1) is 14.7. The number of carbonyl (C=O) groups excluding carboxylic acids is 3. The SMILES string of the molecule is O=C(ON1C(=O)c2ccccc2C1=O)C1Cc2cc(Cl)ccc2O1. The van der Waals surface area contributed by atoms with E-state index in [0.29, 0.717) is 15.8 Å². The molecule has 120 valence electrons. The number of rotatable bonds is 2. The summed E-state index contributed by atoms with van der Waals surface area (Å²) in [5.41, 5.74) is 1.18. The number of carbonyl (C=O) groups is 3. The van der Waals surface area contributed by atoms with Crippen LogP contribution in [-0.2, 0) is 16.1 Å². The topological polar surface area (TPSA) is 72.9 Å². The third kappa shape index (κ3) is 2.23. The van der Waals surface area contributed by atoms with E-state index in [2.05, 4.69) is 0 Å². The Balaban J connectivity index is 1.50. The van der Waals surface area contributed by atoms with Gasteiger partial charge >= 0.3 is 5.97 Å². The van der Waals surface area contributed by atoms with Crippen LogP contribution >= 0.6 is 11.6 Å². The van der Waals surface area contributed by atoms with Gasteiger partial charge in [-0.1, -0.05) is 28.8 Å². The van der Waals surface area contributed by atoms with Gasteiger partial charge in [0.1, 0.15) is 5.75 Å². The van der Waals surface area contributed by atoms with Crippen LogP contribution in [0.4, 0.5) is 0 Å². The molecule has 7 heteroatoms. The van der Waals surface area contributed by atoms with Crippen LogP contribution in [0.3, 0.4) is 0 Å². The second-order valence-electron chi connectivity index (χ2n) is 5.42. The van der Waals surface area contributed by atoms with Crippen LogP contribution in [0.1, 0.15) is 26.3 Å². The quantitative estimate of drug-likeness (QED) is 0.783. The lowest BCUT2D eigenvalue weighted by Gasteiger charge is -2.15. The van der Waals surface area contributed by atoms with Crippen molar-refractivity contribution in [2.24, 2.45) is 0 Å². The van der Waals surface area contributed by atoms with Gasteiger partial charge in [0.2, 0.25) is 6.10 Å². The zero-order valence-electron chi connectivity index (χ0n) is 12.2. The number of nitrogens with zero attached hydrogens (tertiary/aromatic N) is 1. The highest BCUT2D eigenvalue weighted by Crippen LogP contribution is 2.32.